The molecule has 1 aromatic rings. The predicted octanol–water partition coefficient (Wildman–Crippen LogP) is 1.82. The quantitative estimate of drug-likeness (QED) is 0.806. The van der Waals surface area contributed by atoms with Crippen LogP contribution in [0.25, 0.3) is 0 Å². The van der Waals surface area contributed by atoms with E-state index in [2.05, 4.69) is 27.7 Å². The van der Waals surface area contributed by atoms with Gasteiger partial charge >= 0.3 is 0 Å². The normalized spacial score (nSPS) is 19.9. The number of likely N-dealkylation sites (tertiary alicyclic amines) is 1. The maximum Gasteiger partial charge on any atom is 0.220 e. The summed E-state index contributed by atoms with van der Waals surface area (Å²) in [6.07, 6.45) is 3.79. The Balaban J connectivity index is 1.69. The summed E-state index contributed by atoms with van der Waals surface area (Å²) < 4.78 is 0. The molecule has 1 aliphatic rings. The molecule has 0 aromatic carbocycles. The number of nitrogens with one attached hydrogen (secondary N) is 1. The summed E-state index contributed by atoms with van der Waals surface area (Å²) in [6.45, 7) is 4.72. The minimum Gasteiger partial charge on any atom is -0.356 e. The molecule has 0 spiro atoms. The second-order valence-electron chi connectivity index (χ2n) is 5.52. The van der Waals surface area contributed by atoms with Crippen LogP contribution in [0.2, 0.25) is 0 Å². The number of thiophene rings is 1. The van der Waals surface area contributed by atoms with Crippen molar-refractivity contribution in [2.24, 2.45) is 11.7 Å². The Labute approximate surface area is 125 Å². The third-order valence-corrected chi connectivity index (χ3v) is 4.62. The van der Waals surface area contributed by atoms with Gasteiger partial charge in [-0.1, -0.05) is 6.07 Å². The minimum absolute atomic E-state index is 0.144. The molecule has 1 aliphatic heterocycles. The van der Waals surface area contributed by atoms with Crippen LogP contribution in [0.3, 0.4) is 0 Å². The lowest BCUT2D eigenvalue weighted by Crippen LogP contribution is -2.40. The Bertz CT molecular complexity index is 394. The van der Waals surface area contributed by atoms with E-state index in [1.165, 1.54) is 24.3 Å². The van der Waals surface area contributed by atoms with Crippen LogP contribution in [-0.4, -0.2) is 37.0 Å². The van der Waals surface area contributed by atoms with Crippen molar-refractivity contribution in [1.29, 1.82) is 0 Å². The van der Waals surface area contributed by atoms with E-state index >= 15 is 0 Å². The summed E-state index contributed by atoms with van der Waals surface area (Å²) in [4.78, 5) is 15.5. The maximum absolute atomic E-state index is 11.6. The van der Waals surface area contributed by atoms with Crippen LogP contribution in [0, 0.1) is 5.92 Å². The SMILES string of the molecule is NCCCC(=O)NCC1CCCN(Cc2cccs2)C1. The second kappa shape index (κ2) is 8.39. The van der Waals surface area contributed by atoms with Crippen LogP contribution in [0.1, 0.15) is 30.6 Å². The highest BCUT2D eigenvalue weighted by Gasteiger charge is 2.20. The molecule has 3 N–H and O–H groups in total. The lowest BCUT2D eigenvalue weighted by atomic mass is 9.98. The fraction of sp³-hybridized carbons (Fsp3) is 0.667. The highest BCUT2D eigenvalue weighted by Crippen LogP contribution is 2.19. The van der Waals surface area contributed by atoms with Gasteiger partial charge in [0, 0.05) is 30.9 Å². The van der Waals surface area contributed by atoms with Gasteiger partial charge in [-0.05, 0) is 49.7 Å². The molecule has 0 bridgehead atoms. The maximum atomic E-state index is 11.6. The number of hydrogen-bond acceptors (Lipinski definition) is 4. The lowest BCUT2D eigenvalue weighted by Gasteiger charge is -2.32. The first-order chi connectivity index (χ1) is 9.78. The number of amides is 1. The Kier molecular flexibility index (Phi) is 6.50. The van der Waals surface area contributed by atoms with E-state index in [0.717, 1.165) is 26.1 Å². The molecule has 5 heteroatoms. The van der Waals surface area contributed by atoms with Gasteiger partial charge in [0.2, 0.25) is 5.91 Å². The average molecular weight is 295 g/mol. The van der Waals surface area contributed by atoms with E-state index in [-0.39, 0.29) is 5.91 Å². The van der Waals surface area contributed by atoms with Gasteiger partial charge in [0.15, 0.2) is 0 Å². The molecule has 1 unspecified atom stereocenters. The number of piperidine rings is 1. The van der Waals surface area contributed by atoms with Crippen molar-refractivity contribution in [2.45, 2.75) is 32.2 Å². The van der Waals surface area contributed by atoms with Crippen LogP contribution in [0.15, 0.2) is 17.5 Å². The second-order valence-corrected chi connectivity index (χ2v) is 6.55. The van der Waals surface area contributed by atoms with Crippen molar-refractivity contribution >= 4 is 17.2 Å². The standard InChI is InChI=1S/C15H25N3OS/c16-7-1-6-15(19)17-10-13-4-2-8-18(11-13)12-14-5-3-9-20-14/h3,5,9,13H,1-2,4,6-8,10-12,16H2,(H,17,19). The third-order valence-electron chi connectivity index (χ3n) is 3.76. The number of carbonyl (C=O) groups is 1. The molecule has 1 fully saturated rings. The summed E-state index contributed by atoms with van der Waals surface area (Å²) in [5.41, 5.74) is 5.41. The molecule has 112 valence electrons. The molecule has 4 nitrogen and oxygen atoms in total. The van der Waals surface area contributed by atoms with E-state index < -0.39 is 0 Å². The first-order valence-corrected chi connectivity index (χ1v) is 8.37. The molecule has 1 amide bonds. The molecule has 1 aromatic heterocycles. The van der Waals surface area contributed by atoms with Crippen molar-refractivity contribution in [2.75, 3.05) is 26.2 Å². The number of nitrogens with two attached hydrogens (primary N) is 1. The zero-order chi connectivity index (χ0) is 14.2. The lowest BCUT2D eigenvalue weighted by molar-refractivity contribution is -0.121. The molecule has 1 atom stereocenters. The van der Waals surface area contributed by atoms with Gasteiger partial charge in [-0.25, -0.2) is 0 Å². The zero-order valence-electron chi connectivity index (χ0n) is 12.0. The number of nitrogens with zero attached hydrogens (tertiary/aromatic N) is 1. The highest BCUT2D eigenvalue weighted by molar-refractivity contribution is 7.09. The van der Waals surface area contributed by atoms with Crippen molar-refractivity contribution in [3.8, 4) is 0 Å². The van der Waals surface area contributed by atoms with Gasteiger partial charge in [-0.3, -0.25) is 9.69 Å². The van der Waals surface area contributed by atoms with Crippen molar-refractivity contribution < 1.29 is 4.79 Å². The largest absolute Gasteiger partial charge is 0.356 e. The third kappa shape index (κ3) is 5.23. The molecule has 1 saturated heterocycles. The molecule has 0 radical (unpaired) electrons. The molecule has 20 heavy (non-hydrogen) atoms. The van der Waals surface area contributed by atoms with Gasteiger partial charge in [0.05, 0.1) is 0 Å². The van der Waals surface area contributed by atoms with Crippen molar-refractivity contribution in [1.82, 2.24) is 10.2 Å². The Morgan fingerprint density at radius 1 is 1.55 bits per heavy atom. The molecular formula is C15H25N3OS. The van der Waals surface area contributed by atoms with Crippen molar-refractivity contribution in [3.63, 3.8) is 0 Å². The molecular weight excluding hydrogens is 270 g/mol. The average Bonchev–Trinajstić information content (AvgIpc) is 2.96. The molecule has 2 rings (SSSR count). The van der Waals surface area contributed by atoms with Gasteiger partial charge < -0.3 is 11.1 Å². The van der Waals surface area contributed by atoms with E-state index in [1.54, 1.807) is 0 Å². The highest BCUT2D eigenvalue weighted by atomic mass is 32.1. The van der Waals surface area contributed by atoms with E-state index in [0.29, 0.717) is 18.9 Å². The monoisotopic (exact) mass is 295 g/mol. The van der Waals surface area contributed by atoms with Gasteiger partial charge in [0.25, 0.3) is 0 Å². The molecule has 0 saturated carbocycles. The van der Waals surface area contributed by atoms with Crippen molar-refractivity contribution in [3.05, 3.63) is 22.4 Å². The molecule has 0 aliphatic carbocycles. The summed E-state index contributed by atoms with van der Waals surface area (Å²) in [6, 6.07) is 4.31. The Morgan fingerprint density at radius 2 is 2.45 bits per heavy atom. The minimum atomic E-state index is 0.144. The first kappa shape index (κ1) is 15.5. The van der Waals surface area contributed by atoms with Gasteiger partial charge in [-0.2, -0.15) is 0 Å². The fourth-order valence-corrected chi connectivity index (χ4v) is 3.44. The Morgan fingerprint density at radius 3 is 3.20 bits per heavy atom. The fourth-order valence-electron chi connectivity index (χ4n) is 2.69. The Hall–Kier alpha value is -0.910. The van der Waals surface area contributed by atoms with E-state index in [9.17, 15) is 4.79 Å². The smallest absolute Gasteiger partial charge is 0.220 e. The van der Waals surface area contributed by atoms with Crippen LogP contribution < -0.4 is 11.1 Å². The van der Waals surface area contributed by atoms with Gasteiger partial charge in [-0.15, -0.1) is 11.3 Å². The summed E-state index contributed by atoms with van der Waals surface area (Å²) in [5, 5.41) is 5.18. The van der Waals surface area contributed by atoms with Gasteiger partial charge in [0.1, 0.15) is 0 Å². The first-order valence-electron chi connectivity index (χ1n) is 7.49. The van der Waals surface area contributed by atoms with Crippen LogP contribution >= 0.6 is 11.3 Å². The van der Waals surface area contributed by atoms with Crippen LogP contribution in [0.5, 0.6) is 0 Å². The van der Waals surface area contributed by atoms with E-state index in [4.69, 9.17) is 5.73 Å². The number of carbonyl (C=O) groups excluding carboxylic acids is 1. The topological polar surface area (TPSA) is 58.4 Å². The zero-order valence-corrected chi connectivity index (χ0v) is 12.8. The van der Waals surface area contributed by atoms with E-state index in [1.807, 2.05) is 11.3 Å². The summed E-state index contributed by atoms with van der Waals surface area (Å²) >= 11 is 1.82. The number of hydrogen-bond donors (Lipinski definition) is 2. The summed E-state index contributed by atoms with van der Waals surface area (Å²) in [7, 11) is 0. The summed E-state index contributed by atoms with van der Waals surface area (Å²) in [5.74, 6) is 0.733. The van der Waals surface area contributed by atoms with Crippen LogP contribution in [-0.2, 0) is 11.3 Å². The number of rotatable bonds is 7. The predicted molar refractivity (Wildman–Crippen MR) is 83.6 cm³/mol. The molecule has 2 heterocycles. The van der Waals surface area contributed by atoms with Crippen LogP contribution in [0.4, 0.5) is 0 Å².